The summed E-state index contributed by atoms with van der Waals surface area (Å²) in [6, 6.07) is 8.79. The van der Waals surface area contributed by atoms with Crippen LogP contribution in [0.3, 0.4) is 0 Å². The van der Waals surface area contributed by atoms with Crippen LogP contribution >= 0.6 is 0 Å². The third-order valence-corrected chi connectivity index (χ3v) is 3.87. The van der Waals surface area contributed by atoms with E-state index in [0.29, 0.717) is 36.1 Å². The average Bonchev–Trinajstić information content (AvgIpc) is 2.72. The van der Waals surface area contributed by atoms with Crippen molar-refractivity contribution in [2.75, 3.05) is 34.5 Å². The van der Waals surface area contributed by atoms with Crippen LogP contribution in [0.25, 0.3) is 11.3 Å². The highest BCUT2D eigenvalue weighted by molar-refractivity contribution is 5.91. The SMILES string of the molecule is CCOC(OCC)c1nc(-c2cc(OC)ccc2OC)ccc1C(=O)OC. The molecule has 1 heterocycles. The zero-order valence-electron chi connectivity index (χ0n) is 16.3. The van der Waals surface area contributed by atoms with Gasteiger partial charge in [-0.1, -0.05) is 0 Å². The molecule has 0 atom stereocenters. The highest BCUT2D eigenvalue weighted by Gasteiger charge is 2.24. The molecule has 0 bridgehead atoms. The molecule has 0 saturated carbocycles. The lowest BCUT2D eigenvalue weighted by Crippen LogP contribution is -2.17. The Kier molecular flexibility index (Phi) is 7.57. The molecule has 146 valence electrons. The number of hydrogen-bond acceptors (Lipinski definition) is 7. The van der Waals surface area contributed by atoms with E-state index in [-0.39, 0.29) is 5.56 Å². The predicted molar refractivity (Wildman–Crippen MR) is 100 cm³/mol. The van der Waals surface area contributed by atoms with E-state index in [1.165, 1.54) is 7.11 Å². The highest BCUT2D eigenvalue weighted by atomic mass is 16.7. The first-order chi connectivity index (χ1) is 13.1. The van der Waals surface area contributed by atoms with E-state index in [1.54, 1.807) is 38.5 Å². The van der Waals surface area contributed by atoms with Gasteiger partial charge in [0.2, 0.25) is 6.29 Å². The molecule has 0 amide bonds. The van der Waals surface area contributed by atoms with Crippen molar-refractivity contribution < 1.29 is 28.5 Å². The highest BCUT2D eigenvalue weighted by Crippen LogP contribution is 2.34. The van der Waals surface area contributed by atoms with Gasteiger partial charge in [0.25, 0.3) is 0 Å². The molecule has 0 unspecified atom stereocenters. The van der Waals surface area contributed by atoms with Gasteiger partial charge in [-0.3, -0.25) is 0 Å². The number of esters is 1. The molecule has 27 heavy (non-hydrogen) atoms. The Bertz CT molecular complexity index is 771. The van der Waals surface area contributed by atoms with E-state index in [4.69, 9.17) is 23.7 Å². The number of hydrogen-bond donors (Lipinski definition) is 0. The van der Waals surface area contributed by atoms with Gasteiger partial charge in [0.1, 0.15) is 17.2 Å². The normalized spacial score (nSPS) is 10.7. The monoisotopic (exact) mass is 375 g/mol. The maximum Gasteiger partial charge on any atom is 0.339 e. The van der Waals surface area contributed by atoms with Gasteiger partial charge in [0.15, 0.2) is 0 Å². The second-order valence-electron chi connectivity index (χ2n) is 5.43. The fraction of sp³-hybridized carbons (Fsp3) is 0.400. The predicted octanol–water partition coefficient (Wildman–Crippen LogP) is 3.62. The molecule has 7 nitrogen and oxygen atoms in total. The van der Waals surface area contributed by atoms with Crippen LogP contribution in [-0.4, -0.2) is 45.5 Å². The van der Waals surface area contributed by atoms with Crippen molar-refractivity contribution in [3.63, 3.8) is 0 Å². The summed E-state index contributed by atoms with van der Waals surface area (Å²) < 4.78 is 26.9. The minimum absolute atomic E-state index is 0.287. The van der Waals surface area contributed by atoms with Crippen LogP contribution in [0.4, 0.5) is 0 Å². The first-order valence-corrected chi connectivity index (χ1v) is 8.64. The minimum atomic E-state index is -0.786. The lowest BCUT2D eigenvalue weighted by molar-refractivity contribution is -0.142. The van der Waals surface area contributed by atoms with Crippen LogP contribution in [0.5, 0.6) is 11.5 Å². The Hall–Kier alpha value is -2.64. The molecule has 0 aliphatic carbocycles. The second kappa shape index (κ2) is 9.89. The van der Waals surface area contributed by atoms with Gasteiger partial charge in [-0.05, 0) is 44.2 Å². The number of carbonyl (C=O) groups is 1. The van der Waals surface area contributed by atoms with Gasteiger partial charge in [-0.25, -0.2) is 9.78 Å². The molecule has 0 fully saturated rings. The number of ether oxygens (including phenoxy) is 5. The summed E-state index contributed by atoms with van der Waals surface area (Å²) in [5, 5.41) is 0. The zero-order valence-corrected chi connectivity index (χ0v) is 16.3. The smallest absolute Gasteiger partial charge is 0.339 e. The van der Waals surface area contributed by atoms with Crippen molar-refractivity contribution in [3.8, 4) is 22.8 Å². The van der Waals surface area contributed by atoms with E-state index >= 15 is 0 Å². The standard InChI is InChI=1S/C20H25NO6/c1-6-26-20(27-7-2)18-14(19(22)25-5)9-10-16(21-18)15-12-13(23-3)8-11-17(15)24-4/h8-12,20H,6-7H2,1-5H3. The van der Waals surface area contributed by atoms with Gasteiger partial charge in [0, 0.05) is 18.8 Å². The summed E-state index contributed by atoms with van der Waals surface area (Å²) in [6.45, 7) is 4.50. The van der Waals surface area contributed by atoms with Crippen LogP contribution in [0, 0.1) is 0 Å². The van der Waals surface area contributed by atoms with Crippen LogP contribution in [-0.2, 0) is 14.2 Å². The molecule has 0 spiro atoms. The molecule has 2 rings (SSSR count). The van der Waals surface area contributed by atoms with E-state index < -0.39 is 12.3 Å². The van der Waals surface area contributed by atoms with Crippen LogP contribution in [0.2, 0.25) is 0 Å². The van der Waals surface area contributed by atoms with E-state index in [0.717, 1.165) is 5.56 Å². The zero-order chi connectivity index (χ0) is 19.8. The fourth-order valence-electron chi connectivity index (χ4n) is 2.61. The quantitative estimate of drug-likeness (QED) is 0.489. The molecule has 0 saturated heterocycles. The topological polar surface area (TPSA) is 76.1 Å². The van der Waals surface area contributed by atoms with Crippen molar-refractivity contribution >= 4 is 5.97 Å². The minimum Gasteiger partial charge on any atom is -0.497 e. The number of benzene rings is 1. The van der Waals surface area contributed by atoms with Crippen molar-refractivity contribution in [2.45, 2.75) is 20.1 Å². The molecule has 0 aliphatic heterocycles. The molecular formula is C20H25NO6. The largest absolute Gasteiger partial charge is 0.497 e. The molecular weight excluding hydrogens is 350 g/mol. The molecule has 0 radical (unpaired) electrons. The average molecular weight is 375 g/mol. The maximum absolute atomic E-state index is 12.2. The molecule has 7 heteroatoms. The number of aromatic nitrogens is 1. The third kappa shape index (κ3) is 4.75. The Balaban J connectivity index is 2.63. The van der Waals surface area contributed by atoms with Gasteiger partial charge >= 0.3 is 5.97 Å². The first-order valence-electron chi connectivity index (χ1n) is 8.64. The Labute approximate surface area is 159 Å². The van der Waals surface area contributed by atoms with Crippen LogP contribution in [0.15, 0.2) is 30.3 Å². The first kappa shape index (κ1) is 20.7. The summed E-state index contributed by atoms with van der Waals surface area (Å²) >= 11 is 0. The number of rotatable bonds is 9. The molecule has 0 aliphatic rings. The summed E-state index contributed by atoms with van der Waals surface area (Å²) in [6.07, 6.45) is -0.786. The molecule has 1 aromatic carbocycles. The third-order valence-electron chi connectivity index (χ3n) is 3.87. The van der Waals surface area contributed by atoms with Crippen molar-refractivity contribution in [1.29, 1.82) is 0 Å². The number of carbonyl (C=O) groups excluding carboxylic acids is 1. The van der Waals surface area contributed by atoms with E-state index in [1.807, 2.05) is 19.9 Å². The Morgan fingerprint density at radius 1 is 1.00 bits per heavy atom. The van der Waals surface area contributed by atoms with Crippen LogP contribution < -0.4 is 9.47 Å². The maximum atomic E-state index is 12.2. The van der Waals surface area contributed by atoms with Gasteiger partial charge < -0.3 is 23.7 Å². The Morgan fingerprint density at radius 2 is 1.70 bits per heavy atom. The van der Waals surface area contributed by atoms with Crippen LogP contribution in [0.1, 0.15) is 36.2 Å². The second-order valence-corrected chi connectivity index (χ2v) is 5.43. The summed E-state index contributed by atoms with van der Waals surface area (Å²) in [5.74, 6) is 0.785. The summed E-state index contributed by atoms with van der Waals surface area (Å²) in [5.41, 5.74) is 1.96. The van der Waals surface area contributed by atoms with Crippen molar-refractivity contribution in [1.82, 2.24) is 4.98 Å². The summed E-state index contributed by atoms with van der Waals surface area (Å²) in [4.78, 5) is 16.8. The fourth-order valence-corrected chi connectivity index (χ4v) is 2.61. The number of nitrogens with zero attached hydrogens (tertiary/aromatic N) is 1. The lowest BCUT2D eigenvalue weighted by Gasteiger charge is -2.20. The molecule has 0 N–H and O–H groups in total. The van der Waals surface area contributed by atoms with E-state index in [9.17, 15) is 4.79 Å². The molecule has 2 aromatic rings. The lowest BCUT2D eigenvalue weighted by atomic mass is 10.1. The Morgan fingerprint density at radius 3 is 2.26 bits per heavy atom. The van der Waals surface area contributed by atoms with Crippen molar-refractivity contribution in [2.24, 2.45) is 0 Å². The van der Waals surface area contributed by atoms with Crippen molar-refractivity contribution in [3.05, 3.63) is 41.6 Å². The number of methoxy groups -OCH3 is 3. The number of pyridine rings is 1. The van der Waals surface area contributed by atoms with Gasteiger partial charge in [-0.15, -0.1) is 0 Å². The van der Waals surface area contributed by atoms with Gasteiger partial charge in [0.05, 0.1) is 32.6 Å². The molecule has 1 aromatic heterocycles. The summed E-state index contributed by atoms with van der Waals surface area (Å²) in [7, 11) is 4.49. The van der Waals surface area contributed by atoms with Gasteiger partial charge in [-0.2, -0.15) is 0 Å². The van der Waals surface area contributed by atoms with E-state index in [2.05, 4.69) is 4.98 Å².